The Morgan fingerprint density at radius 3 is 2.75 bits per heavy atom. The van der Waals surface area contributed by atoms with E-state index in [0.717, 1.165) is 28.8 Å². The first-order valence-corrected chi connectivity index (χ1v) is 8.15. The van der Waals surface area contributed by atoms with Gasteiger partial charge in [-0.25, -0.2) is 4.98 Å². The highest BCUT2D eigenvalue weighted by molar-refractivity contribution is 5.76. The van der Waals surface area contributed by atoms with Gasteiger partial charge in [0.25, 0.3) is 0 Å². The summed E-state index contributed by atoms with van der Waals surface area (Å²) in [4.78, 5) is 4.53. The van der Waals surface area contributed by atoms with E-state index in [4.69, 9.17) is 4.74 Å². The van der Waals surface area contributed by atoms with E-state index in [2.05, 4.69) is 11.6 Å². The number of ether oxygens (including phenoxy) is 1. The second kappa shape index (κ2) is 7.32. The van der Waals surface area contributed by atoms with Crippen molar-refractivity contribution in [2.75, 3.05) is 6.61 Å². The van der Waals surface area contributed by atoms with Gasteiger partial charge in [0.2, 0.25) is 0 Å². The van der Waals surface area contributed by atoms with Gasteiger partial charge < -0.3 is 14.4 Å². The van der Waals surface area contributed by atoms with Crippen molar-refractivity contribution >= 4 is 11.0 Å². The molecule has 0 radical (unpaired) electrons. The molecule has 4 heteroatoms. The summed E-state index contributed by atoms with van der Waals surface area (Å²) in [6.07, 6.45) is 2.03. The van der Waals surface area contributed by atoms with Crippen molar-refractivity contribution in [3.05, 3.63) is 72.6 Å². The Labute approximate surface area is 142 Å². The first-order chi connectivity index (χ1) is 11.7. The van der Waals surface area contributed by atoms with E-state index < -0.39 is 6.10 Å². The van der Waals surface area contributed by atoms with E-state index in [0.29, 0.717) is 19.0 Å². The van der Waals surface area contributed by atoms with Crippen LogP contribution >= 0.6 is 0 Å². The SMILES string of the molecule is C=CCc1ccccc1OCCn1c(C(C)O)nc2ccccc21. The number of nitrogens with zero attached hydrogens (tertiary/aromatic N) is 2. The molecule has 24 heavy (non-hydrogen) atoms. The minimum atomic E-state index is -0.620. The molecule has 0 amide bonds. The highest BCUT2D eigenvalue weighted by atomic mass is 16.5. The lowest BCUT2D eigenvalue weighted by Gasteiger charge is -2.13. The molecule has 0 fully saturated rings. The van der Waals surface area contributed by atoms with E-state index >= 15 is 0 Å². The van der Waals surface area contributed by atoms with E-state index in [1.165, 1.54) is 0 Å². The fraction of sp³-hybridized carbons (Fsp3) is 0.250. The third kappa shape index (κ3) is 3.34. The topological polar surface area (TPSA) is 47.3 Å². The summed E-state index contributed by atoms with van der Waals surface area (Å²) in [7, 11) is 0. The van der Waals surface area contributed by atoms with Crippen molar-refractivity contribution in [1.82, 2.24) is 9.55 Å². The number of para-hydroxylation sites is 3. The Bertz CT molecular complexity index is 837. The van der Waals surface area contributed by atoms with Gasteiger partial charge in [0.15, 0.2) is 0 Å². The average Bonchev–Trinajstić information content (AvgIpc) is 2.96. The minimum Gasteiger partial charge on any atom is -0.491 e. The normalized spacial score (nSPS) is 12.2. The third-order valence-corrected chi connectivity index (χ3v) is 3.97. The molecule has 1 aromatic heterocycles. The molecule has 3 aromatic rings. The first-order valence-electron chi connectivity index (χ1n) is 8.15. The molecule has 0 spiro atoms. The Kier molecular flexibility index (Phi) is 4.96. The number of allylic oxidation sites excluding steroid dienone is 1. The Morgan fingerprint density at radius 2 is 1.96 bits per heavy atom. The number of rotatable bonds is 7. The van der Waals surface area contributed by atoms with E-state index in [1.54, 1.807) is 6.92 Å². The maximum atomic E-state index is 10.0. The molecule has 1 N–H and O–H groups in total. The van der Waals surface area contributed by atoms with Crippen LogP contribution in [0.2, 0.25) is 0 Å². The van der Waals surface area contributed by atoms with Gasteiger partial charge in [0.05, 0.1) is 17.6 Å². The van der Waals surface area contributed by atoms with Crippen molar-refractivity contribution in [3.63, 3.8) is 0 Å². The summed E-state index contributed by atoms with van der Waals surface area (Å²) < 4.78 is 7.99. The molecule has 0 saturated carbocycles. The fourth-order valence-electron chi connectivity index (χ4n) is 2.86. The number of aromatic nitrogens is 2. The summed E-state index contributed by atoms with van der Waals surface area (Å²) >= 11 is 0. The number of aliphatic hydroxyl groups excluding tert-OH is 1. The molecule has 1 heterocycles. The zero-order valence-electron chi connectivity index (χ0n) is 13.9. The lowest BCUT2D eigenvalue weighted by molar-refractivity contribution is 0.181. The zero-order chi connectivity index (χ0) is 16.9. The predicted octanol–water partition coefficient (Wildman–Crippen LogP) is 3.90. The van der Waals surface area contributed by atoms with Gasteiger partial charge in [0, 0.05) is 0 Å². The minimum absolute atomic E-state index is 0.508. The van der Waals surface area contributed by atoms with Crippen molar-refractivity contribution < 1.29 is 9.84 Å². The van der Waals surface area contributed by atoms with Gasteiger partial charge in [-0.05, 0) is 37.1 Å². The molecule has 0 bridgehead atoms. The van der Waals surface area contributed by atoms with Gasteiger partial charge in [-0.2, -0.15) is 0 Å². The molecule has 124 valence electrons. The number of benzene rings is 2. The van der Waals surface area contributed by atoms with Crippen LogP contribution in [-0.4, -0.2) is 21.3 Å². The summed E-state index contributed by atoms with van der Waals surface area (Å²) in [6, 6.07) is 15.9. The maximum Gasteiger partial charge on any atom is 0.138 e. The summed E-state index contributed by atoms with van der Waals surface area (Å²) in [5.41, 5.74) is 3.02. The van der Waals surface area contributed by atoms with Crippen LogP contribution in [0.15, 0.2) is 61.2 Å². The maximum absolute atomic E-state index is 10.0. The van der Waals surface area contributed by atoms with Crippen molar-refractivity contribution in [3.8, 4) is 5.75 Å². The number of hydrogen-bond donors (Lipinski definition) is 1. The van der Waals surface area contributed by atoms with Crippen molar-refractivity contribution in [2.24, 2.45) is 0 Å². The Morgan fingerprint density at radius 1 is 1.21 bits per heavy atom. The van der Waals surface area contributed by atoms with E-state index in [-0.39, 0.29) is 0 Å². The average molecular weight is 322 g/mol. The van der Waals surface area contributed by atoms with E-state index in [1.807, 2.05) is 59.2 Å². The first kappa shape index (κ1) is 16.3. The second-order valence-corrected chi connectivity index (χ2v) is 5.74. The highest BCUT2D eigenvalue weighted by Gasteiger charge is 2.14. The lowest BCUT2D eigenvalue weighted by atomic mass is 10.1. The highest BCUT2D eigenvalue weighted by Crippen LogP contribution is 2.22. The lowest BCUT2D eigenvalue weighted by Crippen LogP contribution is -2.13. The van der Waals surface area contributed by atoms with Crippen LogP contribution in [0.1, 0.15) is 24.4 Å². The van der Waals surface area contributed by atoms with Crippen molar-refractivity contribution in [1.29, 1.82) is 0 Å². The molecule has 0 aliphatic rings. The monoisotopic (exact) mass is 322 g/mol. The van der Waals surface area contributed by atoms with Gasteiger partial charge in [-0.3, -0.25) is 0 Å². The van der Waals surface area contributed by atoms with Crippen LogP contribution in [0.4, 0.5) is 0 Å². The second-order valence-electron chi connectivity index (χ2n) is 5.74. The van der Waals surface area contributed by atoms with Crippen LogP contribution in [0, 0.1) is 0 Å². The molecule has 4 nitrogen and oxygen atoms in total. The third-order valence-electron chi connectivity index (χ3n) is 3.97. The molecule has 0 aliphatic heterocycles. The largest absolute Gasteiger partial charge is 0.491 e. The van der Waals surface area contributed by atoms with Crippen LogP contribution in [0.5, 0.6) is 5.75 Å². The predicted molar refractivity (Wildman–Crippen MR) is 96.2 cm³/mol. The fourth-order valence-corrected chi connectivity index (χ4v) is 2.86. The molecule has 0 saturated heterocycles. The number of imidazole rings is 1. The quantitative estimate of drug-likeness (QED) is 0.671. The smallest absolute Gasteiger partial charge is 0.138 e. The van der Waals surface area contributed by atoms with Crippen LogP contribution in [-0.2, 0) is 13.0 Å². The molecule has 1 unspecified atom stereocenters. The Hall–Kier alpha value is -2.59. The molecule has 3 rings (SSSR count). The summed E-state index contributed by atoms with van der Waals surface area (Å²) in [6.45, 7) is 6.66. The standard InChI is InChI=1S/C20H22N2O2/c1-3-8-16-9-4-7-12-19(16)24-14-13-22-18-11-6-5-10-17(18)21-20(22)15(2)23/h3-7,9-12,15,23H,1,8,13-14H2,2H3. The Balaban J connectivity index is 1.79. The molecule has 0 aliphatic carbocycles. The summed E-state index contributed by atoms with van der Waals surface area (Å²) in [5, 5.41) is 10.0. The zero-order valence-corrected chi connectivity index (χ0v) is 13.9. The van der Waals surface area contributed by atoms with E-state index in [9.17, 15) is 5.11 Å². The molecular weight excluding hydrogens is 300 g/mol. The summed E-state index contributed by atoms with van der Waals surface area (Å²) in [5.74, 6) is 1.54. The van der Waals surface area contributed by atoms with Gasteiger partial charge in [-0.15, -0.1) is 6.58 Å². The van der Waals surface area contributed by atoms with Gasteiger partial charge in [0.1, 0.15) is 24.3 Å². The van der Waals surface area contributed by atoms with Gasteiger partial charge in [-0.1, -0.05) is 36.4 Å². The molecule has 1 atom stereocenters. The number of aliphatic hydroxyl groups is 1. The molecule has 2 aromatic carbocycles. The number of hydrogen-bond acceptors (Lipinski definition) is 3. The van der Waals surface area contributed by atoms with Crippen LogP contribution in [0.3, 0.4) is 0 Å². The van der Waals surface area contributed by atoms with Crippen molar-refractivity contribution in [2.45, 2.75) is 26.0 Å². The molecular formula is C20H22N2O2. The van der Waals surface area contributed by atoms with Gasteiger partial charge >= 0.3 is 0 Å². The van der Waals surface area contributed by atoms with Crippen LogP contribution < -0.4 is 4.74 Å². The number of fused-ring (bicyclic) bond motifs is 1. The van der Waals surface area contributed by atoms with Crippen LogP contribution in [0.25, 0.3) is 11.0 Å².